The molecule has 0 atom stereocenters. The fourth-order valence-electron chi connectivity index (χ4n) is 4.42. The first kappa shape index (κ1) is 24.8. The predicted octanol–water partition coefficient (Wildman–Crippen LogP) is 3.84. The van der Waals surface area contributed by atoms with Crippen LogP contribution < -0.4 is 4.72 Å². The van der Waals surface area contributed by atoms with Crippen LogP contribution in [-0.4, -0.2) is 60.3 Å². The van der Waals surface area contributed by atoms with Crippen molar-refractivity contribution in [2.24, 2.45) is 0 Å². The number of halogens is 1. The van der Waals surface area contributed by atoms with Gasteiger partial charge in [-0.25, -0.2) is 12.8 Å². The molecule has 3 heterocycles. The van der Waals surface area contributed by atoms with E-state index >= 15 is 0 Å². The van der Waals surface area contributed by atoms with Crippen molar-refractivity contribution in [2.45, 2.75) is 18.4 Å². The van der Waals surface area contributed by atoms with Gasteiger partial charge in [0.05, 0.1) is 23.1 Å². The smallest absolute Gasteiger partial charge is 0.264 e. The number of hydrogen-bond donors (Lipinski definition) is 1. The van der Waals surface area contributed by atoms with Gasteiger partial charge in [-0.15, -0.1) is 0 Å². The van der Waals surface area contributed by atoms with Crippen LogP contribution in [0.4, 0.5) is 10.1 Å². The van der Waals surface area contributed by atoms with E-state index in [1.54, 1.807) is 54.4 Å². The number of carbonyl (C=O) groups is 1. The van der Waals surface area contributed by atoms with Gasteiger partial charge < -0.3 is 4.90 Å². The molecule has 1 N–H and O–H groups in total. The van der Waals surface area contributed by atoms with Gasteiger partial charge in [-0.1, -0.05) is 18.2 Å². The van der Waals surface area contributed by atoms with Crippen molar-refractivity contribution in [1.29, 1.82) is 0 Å². The molecule has 37 heavy (non-hydrogen) atoms. The van der Waals surface area contributed by atoms with Crippen LogP contribution in [0.1, 0.15) is 21.6 Å². The first-order chi connectivity index (χ1) is 17.8. The standard InChI is InChI=1S/C27H26FN5O3S/c1-19-16-21(27(34)33-14-12-32(13-15-33)18-23-9-8-22(28)17-30-23)7-10-24(19)31-37(35,36)25-6-2-4-20-5-3-11-29-26(20)25/h2-11,16-17,31H,12-15,18H2,1H3. The van der Waals surface area contributed by atoms with Crippen LogP contribution in [0.25, 0.3) is 10.9 Å². The molecule has 5 rings (SSSR count). The zero-order valence-electron chi connectivity index (χ0n) is 20.3. The maximum atomic E-state index is 13.2. The summed E-state index contributed by atoms with van der Waals surface area (Å²) < 4.78 is 42.0. The number of hydrogen-bond acceptors (Lipinski definition) is 6. The van der Waals surface area contributed by atoms with Crippen molar-refractivity contribution in [3.63, 3.8) is 0 Å². The van der Waals surface area contributed by atoms with E-state index in [0.29, 0.717) is 55.1 Å². The number of sulfonamides is 1. The van der Waals surface area contributed by atoms with Gasteiger partial charge in [0.2, 0.25) is 0 Å². The maximum absolute atomic E-state index is 13.2. The highest BCUT2D eigenvalue weighted by atomic mass is 32.2. The number of aryl methyl sites for hydroxylation is 1. The third kappa shape index (κ3) is 5.45. The second-order valence-electron chi connectivity index (χ2n) is 9.00. The van der Waals surface area contributed by atoms with Crippen molar-refractivity contribution in [3.8, 4) is 0 Å². The van der Waals surface area contributed by atoms with Crippen molar-refractivity contribution in [2.75, 3.05) is 30.9 Å². The predicted molar refractivity (Wildman–Crippen MR) is 139 cm³/mol. The van der Waals surface area contributed by atoms with E-state index in [0.717, 1.165) is 11.1 Å². The molecule has 1 saturated heterocycles. The quantitative estimate of drug-likeness (QED) is 0.416. The molecule has 10 heteroatoms. The molecule has 2 aromatic heterocycles. The average molecular weight is 520 g/mol. The van der Waals surface area contributed by atoms with Gasteiger partial charge in [0.25, 0.3) is 15.9 Å². The normalized spacial score (nSPS) is 14.6. The van der Waals surface area contributed by atoms with E-state index in [9.17, 15) is 17.6 Å². The summed E-state index contributed by atoms with van der Waals surface area (Å²) in [5.41, 5.74) is 2.73. The van der Waals surface area contributed by atoms with Gasteiger partial charge in [0, 0.05) is 49.9 Å². The van der Waals surface area contributed by atoms with Crippen molar-refractivity contribution in [3.05, 3.63) is 95.7 Å². The lowest BCUT2D eigenvalue weighted by Crippen LogP contribution is -2.48. The first-order valence-electron chi connectivity index (χ1n) is 11.9. The minimum absolute atomic E-state index is 0.0962. The highest BCUT2D eigenvalue weighted by molar-refractivity contribution is 7.93. The number of aromatic nitrogens is 2. The van der Waals surface area contributed by atoms with Gasteiger partial charge >= 0.3 is 0 Å². The second kappa shape index (κ2) is 10.2. The number of benzene rings is 2. The molecular formula is C27H26FN5O3S. The molecule has 1 fully saturated rings. The number of pyridine rings is 2. The lowest BCUT2D eigenvalue weighted by molar-refractivity contribution is 0.0627. The monoisotopic (exact) mass is 519 g/mol. The summed E-state index contributed by atoms with van der Waals surface area (Å²) in [7, 11) is -3.89. The highest BCUT2D eigenvalue weighted by Gasteiger charge is 2.24. The summed E-state index contributed by atoms with van der Waals surface area (Å²) in [4.78, 5) is 25.5. The van der Waals surface area contributed by atoms with E-state index in [4.69, 9.17) is 0 Å². The summed E-state index contributed by atoms with van der Waals surface area (Å²) in [6, 6.07) is 16.6. The Hall–Kier alpha value is -3.89. The summed E-state index contributed by atoms with van der Waals surface area (Å²) in [5.74, 6) is -0.464. The average Bonchev–Trinajstić information content (AvgIpc) is 2.91. The van der Waals surface area contributed by atoms with E-state index in [2.05, 4.69) is 19.6 Å². The number of rotatable bonds is 6. The maximum Gasteiger partial charge on any atom is 0.264 e. The molecule has 1 amide bonds. The van der Waals surface area contributed by atoms with Crippen LogP contribution >= 0.6 is 0 Å². The fourth-order valence-corrected chi connectivity index (χ4v) is 5.74. The molecule has 0 bridgehead atoms. The van der Waals surface area contributed by atoms with Crippen LogP contribution in [-0.2, 0) is 16.6 Å². The van der Waals surface area contributed by atoms with E-state index < -0.39 is 10.0 Å². The van der Waals surface area contributed by atoms with Crippen molar-refractivity contribution >= 4 is 32.5 Å². The van der Waals surface area contributed by atoms with Crippen LogP contribution in [0.3, 0.4) is 0 Å². The molecule has 0 unspecified atom stereocenters. The molecule has 0 radical (unpaired) electrons. The molecule has 2 aromatic carbocycles. The minimum Gasteiger partial charge on any atom is -0.336 e. The number of nitrogens with one attached hydrogen (secondary N) is 1. The number of piperazine rings is 1. The molecule has 0 spiro atoms. The van der Waals surface area contributed by atoms with Crippen LogP contribution in [0.2, 0.25) is 0 Å². The third-order valence-corrected chi connectivity index (χ3v) is 7.83. The van der Waals surface area contributed by atoms with Crippen molar-refractivity contribution < 1.29 is 17.6 Å². The first-order valence-corrected chi connectivity index (χ1v) is 13.4. The number of fused-ring (bicyclic) bond motifs is 1. The van der Waals surface area contributed by atoms with Crippen LogP contribution in [0.15, 0.2) is 78.0 Å². The second-order valence-corrected chi connectivity index (χ2v) is 10.7. The lowest BCUT2D eigenvalue weighted by atomic mass is 10.1. The molecule has 0 saturated carbocycles. The summed E-state index contributed by atoms with van der Waals surface area (Å²) in [5, 5.41) is 0.733. The summed E-state index contributed by atoms with van der Waals surface area (Å²) in [6.07, 6.45) is 2.77. The Labute approximate surface area is 214 Å². The molecule has 8 nitrogen and oxygen atoms in total. The molecule has 4 aromatic rings. The number of amides is 1. The lowest BCUT2D eigenvalue weighted by Gasteiger charge is -2.34. The summed E-state index contributed by atoms with van der Waals surface area (Å²) in [6.45, 7) is 4.84. The molecule has 190 valence electrons. The van der Waals surface area contributed by atoms with Gasteiger partial charge in [0.1, 0.15) is 10.7 Å². The number of para-hydroxylation sites is 1. The molecule has 1 aliphatic heterocycles. The Morgan fingerprint density at radius 3 is 2.51 bits per heavy atom. The Kier molecular flexibility index (Phi) is 6.86. The Morgan fingerprint density at radius 1 is 1.00 bits per heavy atom. The van der Waals surface area contributed by atoms with Crippen LogP contribution in [0, 0.1) is 12.7 Å². The molecule has 1 aliphatic rings. The topological polar surface area (TPSA) is 95.5 Å². The Morgan fingerprint density at radius 2 is 1.78 bits per heavy atom. The molecule has 0 aliphatic carbocycles. The Balaban J connectivity index is 1.25. The van der Waals surface area contributed by atoms with Gasteiger partial charge in [-0.2, -0.15) is 0 Å². The zero-order valence-corrected chi connectivity index (χ0v) is 21.1. The number of nitrogens with zero attached hydrogens (tertiary/aromatic N) is 4. The number of carbonyl (C=O) groups excluding carboxylic acids is 1. The number of anilines is 1. The highest BCUT2D eigenvalue weighted by Crippen LogP contribution is 2.25. The van der Waals surface area contributed by atoms with E-state index in [1.165, 1.54) is 18.3 Å². The van der Waals surface area contributed by atoms with Crippen molar-refractivity contribution in [1.82, 2.24) is 19.8 Å². The van der Waals surface area contributed by atoms with Gasteiger partial charge in [-0.05, 0) is 55.0 Å². The van der Waals surface area contributed by atoms with Crippen LogP contribution in [0.5, 0.6) is 0 Å². The molecular weight excluding hydrogens is 493 g/mol. The SMILES string of the molecule is Cc1cc(C(=O)N2CCN(Cc3ccc(F)cn3)CC2)ccc1NS(=O)(=O)c1cccc2cccnc12. The zero-order chi connectivity index (χ0) is 26.0. The third-order valence-electron chi connectivity index (χ3n) is 6.44. The fraction of sp³-hybridized carbons (Fsp3) is 0.222. The van der Waals surface area contributed by atoms with E-state index in [1.807, 2.05) is 12.1 Å². The Bertz CT molecular complexity index is 1550. The van der Waals surface area contributed by atoms with Gasteiger partial charge in [0.15, 0.2) is 0 Å². The van der Waals surface area contributed by atoms with Gasteiger partial charge in [-0.3, -0.25) is 24.4 Å². The van der Waals surface area contributed by atoms with E-state index in [-0.39, 0.29) is 16.6 Å². The largest absolute Gasteiger partial charge is 0.336 e. The minimum atomic E-state index is -3.89. The summed E-state index contributed by atoms with van der Waals surface area (Å²) >= 11 is 0.